The lowest BCUT2D eigenvalue weighted by Crippen LogP contribution is -2.55. The molecular weight excluding hydrogens is 510 g/mol. The fourth-order valence-corrected chi connectivity index (χ4v) is 5.16. The molecule has 214 valence electrons. The first-order chi connectivity index (χ1) is 18.9. The minimum Gasteiger partial charge on any atom is -0.378 e. The van der Waals surface area contributed by atoms with Crippen molar-refractivity contribution >= 4 is 29.3 Å². The molecule has 3 aliphatic heterocycles. The molecular formula is C26H37N5O8. The molecule has 13 heteroatoms. The predicted molar refractivity (Wildman–Crippen MR) is 139 cm³/mol. The highest BCUT2D eigenvalue weighted by Crippen LogP contribution is 2.29. The predicted octanol–water partition coefficient (Wildman–Crippen LogP) is -0.0850. The van der Waals surface area contributed by atoms with Gasteiger partial charge in [-0.05, 0) is 31.0 Å². The van der Waals surface area contributed by atoms with Crippen molar-refractivity contribution in [3.05, 3.63) is 29.3 Å². The van der Waals surface area contributed by atoms with Crippen LogP contribution in [0.5, 0.6) is 0 Å². The van der Waals surface area contributed by atoms with E-state index in [2.05, 4.69) is 20.4 Å². The van der Waals surface area contributed by atoms with Crippen molar-refractivity contribution in [2.75, 3.05) is 71.1 Å². The van der Waals surface area contributed by atoms with Gasteiger partial charge in [0.1, 0.15) is 12.6 Å². The molecule has 13 nitrogen and oxygen atoms in total. The van der Waals surface area contributed by atoms with Gasteiger partial charge in [-0.1, -0.05) is 6.07 Å². The summed E-state index contributed by atoms with van der Waals surface area (Å²) in [5.74, 6) is -1.01. The van der Waals surface area contributed by atoms with E-state index >= 15 is 0 Å². The SMILES string of the molecule is CC1CN(CCOCCOCCOO)CCN1C(=O)CNc1ccc2c(c1)C(=O)N(C1CCC(=O)NC1=O)C2. The van der Waals surface area contributed by atoms with E-state index in [0.29, 0.717) is 57.2 Å². The van der Waals surface area contributed by atoms with Crippen molar-refractivity contribution in [3.63, 3.8) is 0 Å². The van der Waals surface area contributed by atoms with Crippen LogP contribution in [-0.2, 0) is 35.3 Å². The third-order valence-electron chi connectivity index (χ3n) is 7.25. The van der Waals surface area contributed by atoms with E-state index in [0.717, 1.165) is 25.2 Å². The van der Waals surface area contributed by atoms with E-state index in [9.17, 15) is 19.2 Å². The smallest absolute Gasteiger partial charge is 0.255 e. The van der Waals surface area contributed by atoms with Gasteiger partial charge in [-0.2, -0.15) is 0 Å². The highest BCUT2D eigenvalue weighted by atomic mass is 17.1. The second-order valence-corrected chi connectivity index (χ2v) is 9.92. The van der Waals surface area contributed by atoms with Gasteiger partial charge in [-0.15, -0.1) is 0 Å². The van der Waals surface area contributed by atoms with Crippen LogP contribution in [0.2, 0.25) is 0 Å². The number of imide groups is 1. The third-order valence-corrected chi connectivity index (χ3v) is 7.25. The number of ether oxygens (including phenoxy) is 2. The molecule has 0 saturated carbocycles. The van der Waals surface area contributed by atoms with Crippen molar-refractivity contribution < 1.29 is 38.8 Å². The summed E-state index contributed by atoms with van der Waals surface area (Å²) in [6.07, 6.45) is 0.532. The lowest BCUT2D eigenvalue weighted by atomic mass is 10.0. The van der Waals surface area contributed by atoms with Crippen LogP contribution in [0.25, 0.3) is 0 Å². The summed E-state index contributed by atoms with van der Waals surface area (Å²) in [5.41, 5.74) is 1.99. The molecule has 4 amide bonds. The second-order valence-electron chi connectivity index (χ2n) is 9.92. The van der Waals surface area contributed by atoms with Crippen LogP contribution in [-0.4, -0.2) is 121 Å². The van der Waals surface area contributed by atoms with Crippen LogP contribution in [0.3, 0.4) is 0 Å². The number of nitrogens with zero attached hydrogens (tertiary/aromatic N) is 3. The number of carbonyl (C=O) groups excluding carboxylic acids is 4. The number of piperazine rings is 1. The third kappa shape index (κ3) is 7.51. The topological polar surface area (TPSA) is 150 Å². The maximum absolute atomic E-state index is 13.0. The zero-order valence-electron chi connectivity index (χ0n) is 22.2. The minimum absolute atomic E-state index is 0.0144. The minimum atomic E-state index is -0.653. The Kier molecular flexibility index (Phi) is 10.2. The van der Waals surface area contributed by atoms with Gasteiger partial charge >= 0.3 is 0 Å². The molecule has 0 spiro atoms. The molecule has 4 rings (SSSR count). The molecule has 0 bridgehead atoms. The summed E-state index contributed by atoms with van der Waals surface area (Å²) in [5, 5.41) is 13.7. The molecule has 2 atom stereocenters. The number of carbonyl (C=O) groups is 4. The first-order valence-electron chi connectivity index (χ1n) is 13.3. The van der Waals surface area contributed by atoms with Crippen molar-refractivity contribution in [1.82, 2.24) is 20.0 Å². The number of hydrogen-bond acceptors (Lipinski definition) is 10. The van der Waals surface area contributed by atoms with Gasteiger partial charge in [0.2, 0.25) is 17.7 Å². The van der Waals surface area contributed by atoms with Crippen molar-refractivity contribution in [3.8, 4) is 0 Å². The Morgan fingerprint density at radius 2 is 1.87 bits per heavy atom. The monoisotopic (exact) mass is 547 g/mol. The van der Waals surface area contributed by atoms with Crippen LogP contribution in [0.1, 0.15) is 35.7 Å². The van der Waals surface area contributed by atoms with Crippen LogP contribution in [0.15, 0.2) is 18.2 Å². The first kappa shape index (κ1) is 28.9. The summed E-state index contributed by atoms with van der Waals surface area (Å²) in [6, 6.07) is 4.80. The summed E-state index contributed by atoms with van der Waals surface area (Å²) < 4.78 is 10.8. The van der Waals surface area contributed by atoms with Crippen LogP contribution in [0.4, 0.5) is 5.69 Å². The molecule has 0 aliphatic carbocycles. The Bertz CT molecular complexity index is 1050. The Balaban J connectivity index is 1.19. The zero-order valence-corrected chi connectivity index (χ0v) is 22.2. The van der Waals surface area contributed by atoms with Crippen molar-refractivity contribution in [2.45, 2.75) is 38.4 Å². The van der Waals surface area contributed by atoms with E-state index in [1.165, 1.54) is 4.90 Å². The molecule has 2 unspecified atom stereocenters. The summed E-state index contributed by atoms with van der Waals surface area (Å²) in [4.78, 5) is 59.3. The number of rotatable bonds is 13. The van der Waals surface area contributed by atoms with Gasteiger partial charge in [0.05, 0.1) is 33.0 Å². The van der Waals surface area contributed by atoms with Crippen molar-refractivity contribution in [2.24, 2.45) is 0 Å². The standard InChI is InChI=1S/C26H37N5O8/c1-18-16-29(8-9-37-10-11-38-12-13-39-36)6-7-30(18)24(33)15-27-20-3-2-19-17-31(26(35)21(19)14-20)22-4-5-23(32)28-25(22)34/h2-3,14,18,22,27,36H,4-13,15-17H2,1H3,(H,28,32,34). The molecule has 3 N–H and O–H groups in total. The zero-order chi connectivity index (χ0) is 27.8. The van der Waals surface area contributed by atoms with E-state index in [-0.39, 0.29) is 43.3 Å². The van der Waals surface area contributed by atoms with Gasteiger partial charge in [0.15, 0.2) is 0 Å². The van der Waals surface area contributed by atoms with Crippen molar-refractivity contribution in [1.29, 1.82) is 0 Å². The fourth-order valence-electron chi connectivity index (χ4n) is 5.16. The molecule has 1 aromatic carbocycles. The fraction of sp³-hybridized carbons (Fsp3) is 0.615. The summed E-state index contributed by atoms with van der Waals surface area (Å²) >= 11 is 0. The second kappa shape index (κ2) is 13.8. The molecule has 3 aliphatic rings. The first-order valence-corrected chi connectivity index (χ1v) is 13.3. The van der Waals surface area contributed by atoms with Crippen LogP contribution >= 0.6 is 0 Å². The normalized spacial score (nSPS) is 21.7. The maximum atomic E-state index is 13.0. The highest BCUT2D eigenvalue weighted by molar-refractivity contribution is 6.05. The van der Waals surface area contributed by atoms with E-state index in [4.69, 9.17) is 14.7 Å². The Morgan fingerprint density at radius 1 is 1.10 bits per heavy atom. The molecule has 0 radical (unpaired) electrons. The van der Waals surface area contributed by atoms with Gasteiger partial charge < -0.3 is 24.6 Å². The Morgan fingerprint density at radius 3 is 2.62 bits per heavy atom. The Labute approximate surface area is 227 Å². The quantitative estimate of drug-likeness (QED) is 0.132. The highest BCUT2D eigenvalue weighted by Gasteiger charge is 2.39. The van der Waals surface area contributed by atoms with E-state index < -0.39 is 11.9 Å². The average molecular weight is 548 g/mol. The van der Waals surface area contributed by atoms with Gasteiger partial charge in [-0.3, -0.25) is 34.7 Å². The van der Waals surface area contributed by atoms with Gasteiger partial charge in [0, 0.05) is 56.4 Å². The lowest BCUT2D eigenvalue weighted by molar-refractivity contribution is -0.249. The molecule has 2 fully saturated rings. The largest absolute Gasteiger partial charge is 0.378 e. The van der Waals surface area contributed by atoms with E-state index in [1.807, 2.05) is 24.0 Å². The maximum Gasteiger partial charge on any atom is 0.255 e. The molecule has 3 heterocycles. The molecule has 39 heavy (non-hydrogen) atoms. The van der Waals surface area contributed by atoms with Gasteiger partial charge in [0.25, 0.3) is 5.91 Å². The number of benzene rings is 1. The number of hydrogen-bond donors (Lipinski definition) is 3. The molecule has 2 saturated heterocycles. The number of anilines is 1. The number of fused-ring (bicyclic) bond motifs is 1. The number of amides is 4. The number of piperidine rings is 1. The Hall–Kier alpha value is -3.10. The molecule has 0 aromatic heterocycles. The summed E-state index contributed by atoms with van der Waals surface area (Å²) in [6.45, 7) is 7.28. The van der Waals surface area contributed by atoms with Crippen LogP contribution < -0.4 is 10.6 Å². The lowest BCUT2D eigenvalue weighted by Gasteiger charge is -2.40. The average Bonchev–Trinajstić information content (AvgIpc) is 3.24. The molecule has 1 aromatic rings. The number of nitrogens with one attached hydrogen (secondary N) is 2. The van der Waals surface area contributed by atoms with Gasteiger partial charge in [-0.25, -0.2) is 4.89 Å². The van der Waals surface area contributed by atoms with Crippen LogP contribution in [0, 0.1) is 0 Å². The summed E-state index contributed by atoms with van der Waals surface area (Å²) in [7, 11) is 0. The van der Waals surface area contributed by atoms with E-state index in [1.54, 1.807) is 6.07 Å².